The molecule has 0 unspecified atom stereocenters. The van der Waals surface area contributed by atoms with E-state index in [0.717, 1.165) is 11.1 Å². The highest BCUT2D eigenvalue weighted by Gasteiger charge is 2.22. The lowest BCUT2D eigenvalue weighted by Crippen LogP contribution is -2.20. The lowest BCUT2D eigenvalue weighted by molar-refractivity contribution is 0.627. The van der Waals surface area contributed by atoms with Crippen LogP contribution in [0.4, 0.5) is 4.39 Å². The van der Waals surface area contributed by atoms with Crippen LogP contribution in [0, 0.1) is 5.82 Å². The lowest BCUT2D eigenvalue weighted by atomic mass is 10.1. The molecule has 3 nitrogen and oxygen atoms in total. The molecule has 1 aliphatic heterocycles. The van der Waals surface area contributed by atoms with Gasteiger partial charge >= 0.3 is 0 Å². The second-order valence-electron chi connectivity index (χ2n) is 5.65. The summed E-state index contributed by atoms with van der Waals surface area (Å²) in [6, 6.07) is 9.45. The Hall–Kier alpha value is -2.17. The highest BCUT2D eigenvalue weighted by Crippen LogP contribution is 2.30. The number of allylic oxidation sites excluding steroid dienone is 1. The predicted octanol–water partition coefficient (Wildman–Crippen LogP) is 4.79. The molecule has 2 aromatic carbocycles. The number of hydrogen-bond acceptors (Lipinski definition) is 2. The smallest absolute Gasteiger partial charge is 0.261 e. The number of nitrogens with zero attached hydrogens (tertiary/aromatic N) is 2. The van der Waals surface area contributed by atoms with Crippen molar-refractivity contribution >= 4 is 45.8 Å². The molecule has 0 amide bonds. The highest BCUT2D eigenvalue weighted by molar-refractivity contribution is 6.38. The number of fused-ring (bicyclic) bond motifs is 2. The standard InChI is InChI=1S/C18H11Cl2FN2O/c19-12-8-14-16(15(20)9-12)22-17-11(4-5-23(17)18(14)24)6-10-2-1-3-13(21)7-10/h1-3,6-9H,4-5H2/b11-6+. The van der Waals surface area contributed by atoms with Crippen LogP contribution in [-0.4, -0.2) is 9.55 Å². The van der Waals surface area contributed by atoms with Gasteiger partial charge in [0, 0.05) is 11.6 Å². The van der Waals surface area contributed by atoms with E-state index >= 15 is 0 Å². The molecule has 3 aromatic rings. The quantitative estimate of drug-likeness (QED) is 0.625. The van der Waals surface area contributed by atoms with Gasteiger partial charge in [0.25, 0.3) is 5.56 Å². The van der Waals surface area contributed by atoms with Crippen LogP contribution in [0.5, 0.6) is 0 Å². The summed E-state index contributed by atoms with van der Waals surface area (Å²) in [6.45, 7) is 0.530. The average Bonchev–Trinajstić information content (AvgIpc) is 2.92. The van der Waals surface area contributed by atoms with Crippen molar-refractivity contribution in [2.45, 2.75) is 13.0 Å². The number of hydrogen-bond donors (Lipinski definition) is 0. The first-order valence-electron chi connectivity index (χ1n) is 7.39. The van der Waals surface area contributed by atoms with E-state index in [1.54, 1.807) is 22.8 Å². The molecule has 0 fully saturated rings. The van der Waals surface area contributed by atoms with Crippen molar-refractivity contribution in [2.75, 3.05) is 0 Å². The Morgan fingerprint density at radius 1 is 1.21 bits per heavy atom. The molecule has 0 atom stereocenters. The zero-order chi connectivity index (χ0) is 16.8. The van der Waals surface area contributed by atoms with Crippen molar-refractivity contribution in [1.82, 2.24) is 9.55 Å². The Kier molecular flexibility index (Phi) is 3.66. The SMILES string of the molecule is O=c1c2cc(Cl)cc(Cl)c2nc2n1CC/C2=C\c1cccc(F)c1. The third-order valence-corrected chi connectivity index (χ3v) is 4.56. The first-order valence-corrected chi connectivity index (χ1v) is 8.14. The Morgan fingerprint density at radius 3 is 2.83 bits per heavy atom. The maximum atomic E-state index is 13.4. The number of aromatic nitrogens is 2. The zero-order valence-corrected chi connectivity index (χ0v) is 13.9. The van der Waals surface area contributed by atoms with Gasteiger partial charge in [-0.25, -0.2) is 9.37 Å². The minimum absolute atomic E-state index is 0.165. The summed E-state index contributed by atoms with van der Waals surface area (Å²) in [4.78, 5) is 17.3. The van der Waals surface area contributed by atoms with E-state index in [1.165, 1.54) is 12.1 Å². The van der Waals surface area contributed by atoms with Gasteiger partial charge < -0.3 is 0 Å². The van der Waals surface area contributed by atoms with Crippen LogP contribution in [0.15, 0.2) is 41.2 Å². The first kappa shape index (κ1) is 15.4. The zero-order valence-electron chi connectivity index (χ0n) is 12.4. The molecule has 2 heterocycles. The summed E-state index contributed by atoms with van der Waals surface area (Å²) >= 11 is 12.2. The normalized spacial score (nSPS) is 15.2. The maximum Gasteiger partial charge on any atom is 0.261 e. The lowest BCUT2D eigenvalue weighted by Gasteiger charge is -2.07. The molecule has 0 N–H and O–H groups in total. The van der Waals surface area contributed by atoms with Gasteiger partial charge in [-0.1, -0.05) is 35.3 Å². The second-order valence-corrected chi connectivity index (χ2v) is 6.49. The molecule has 0 spiro atoms. The Labute approximate surface area is 147 Å². The molecular weight excluding hydrogens is 350 g/mol. The summed E-state index contributed by atoms with van der Waals surface area (Å²) in [7, 11) is 0. The fraction of sp³-hybridized carbons (Fsp3) is 0.111. The average molecular weight is 361 g/mol. The maximum absolute atomic E-state index is 13.4. The van der Waals surface area contributed by atoms with E-state index in [9.17, 15) is 9.18 Å². The molecular formula is C18H11Cl2FN2O. The minimum atomic E-state index is -0.302. The van der Waals surface area contributed by atoms with Crippen LogP contribution >= 0.6 is 23.2 Å². The summed E-state index contributed by atoms with van der Waals surface area (Å²) in [5, 5.41) is 1.15. The summed E-state index contributed by atoms with van der Waals surface area (Å²) in [5.74, 6) is 0.268. The van der Waals surface area contributed by atoms with Gasteiger partial charge in [0.1, 0.15) is 11.6 Å². The van der Waals surface area contributed by atoms with Crippen LogP contribution in [0.3, 0.4) is 0 Å². The van der Waals surface area contributed by atoms with Gasteiger partial charge in [0.2, 0.25) is 0 Å². The molecule has 120 valence electrons. The summed E-state index contributed by atoms with van der Waals surface area (Å²) in [6.07, 6.45) is 2.50. The van der Waals surface area contributed by atoms with E-state index in [1.807, 2.05) is 12.1 Å². The van der Waals surface area contributed by atoms with E-state index in [0.29, 0.717) is 39.7 Å². The Morgan fingerprint density at radius 2 is 2.04 bits per heavy atom. The van der Waals surface area contributed by atoms with Gasteiger partial charge in [0.15, 0.2) is 0 Å². The third-order valence-electron chi connectivity index (χ3n) is 4.06. The topological polar surface area (TPSA) is 34.9 Å². The molecule has 0 saturated heterocycles. The molecule has 6 heteroatoms. The van der Waals surface area contributed by atoms with Crippen LogP contribution in [0.2, 0.25) is 10.0 Å². The van der Waals surface area contributed by atoms with E-state index in [-0.39, 0.29) is 11.4 Å². The largest absolute Gasteiger partial charge is 0.292 e. The van der Waals surface area contributed by atoms with Crippen molar-refractivity contribution in [3.05, 3.63) is 74.0 Å². The van der Waals surface area contributed by atoms with Crippen LogP contribution in [0.1, 0.15) is 17.8 Å². The molecule has 1 aromatic heterocycles. The third kappa shape index (κ3) is 2.52. The van der Waals surface area contributed by atoms with Crippen LogP contribution in [-0.2, 0) is 6.54 Å². The van der Waals surface area contributed by atoms with E-state index in [2.05, 4.69) is 4.98 Å². The molecule has 0 saturated carbocycles. The molecule has 24 heavy (non-hydrogen) atoms. The predicted molar refractivity (Wildman–Crippen MR) is 94.9 cm³/mol. The molecule has 0 radical (unpaired) electrons. The van der Waals surface area contributed by atoms with Crippen molar-refractivity contribution in [2.24, 2.45) is 0 Å². The van der Waals surface area contributed by atoms with Gasteiger partial charge in [-0.15, -0.1) is 0 Å². The number of rotatable bonds is 1. The van der Waals surface area contributed by atoms with Crippen molar-refractivity contribution in [3.8, 4) is 0 Å². The van der Waals surface area contributed by atoms with Gasteiger partial charge in [-0.3, -0.25) is 9.36 Å². The Balaban J connectivity index is 1.94. The fourth-order valence-corrected chi connectivity index (χ4v) is 3.52. The Bertz CT molecular complexity index is 1070. The second kappa shape index (κ2) is 5.72. The minimum Gasteiger partial charge on any atom is -0.292 e. The summed E-state index contributed by atoms with van der Waals surface area (Å²) < 4.78 is 15.0. The molecule has 4 rings (SSSR count). The van der Waals surface area contributed by atoms with E-state index < -0.39 is 0 Å². The molecule has 0 aliphatic carbocycles. The number of benzene rings is 2. The first-order chi connectivity index (χ1) is 11.5. The van der Waals surface area contributed by atoms with Crippen molar-refractivity contribution in [3.63, 3.8) is 0 Å². The van der Waals surface area contributed by atoms with Gasteiger partial charge in [0.05, 0.1) is 15.9 Å². The monoisotopic (exact) mass is 360 g/mol. The summed E-state index contributed by atoms with van der Waals surface area (Å²) in [5.41, 5.74) is 1.88. The highest BCUT2D eigenvalue weighted by atomic mass is 35.5. The number of halogens is 3. The molecule has 0 bridgehead atoms. The van der Waals surface area contributed by atoms with E-state index in [4.69, 9.17) is 23.2 Å². The fourth-order valence-electron chi connectivity index (χ4n) is 2.98. The van der Waals surface area contributed by atoms with Gasteiger partial charge in [-0.2, -0.15) is 0 Å². The molecule has 1 aliphatic rings. The van der Waals surface area contributed by atoms with Crippen LogP contribution in [0.25, 0.3) is 22.6 Å². The van der Waals surface area contributed by atoms with Crippen molar-refractivity contribution in [1.29, 1.82) is 0 Å². The van der Waals surface area contributed by atoms with Crippen molar-refractivity contribution < 1.29 is 4.39 Å². The van der Waals surface area contributed by atoms with Gasteiger partial charge in [-0.05, 0) is 47.9 Å². The van der Waals surface area contributed by atoms with Crippen LogP contribution < -0.4 is 5.56 Å².